The normalized spacial score (nSPS) is 14.9. The average Bonchev–Trinajstić information content (AvgIpc) is 1.82. The summed E-state index contributed by atoms with van der Waals surface area (Å²) in [7, 11) is -2.16. The van der Waals surface area contributed by atoms with E-state index in [2.05, 4.69) is 0 Å². The van der Waals surface area contributed by atoms with Crippen molar-refractivity contribution in [2.75, 3.05) is 13.3 Å². The number of rotatable bonds is 3. The molecule has 11 heavy (non-hydrogen) atoms. The van der Waals surface area contributed by atoms with E-state index in [9.17, 15) is 13.2 Å². The minimum atomic E-state index is -3.39. The molecular formula is C5H11NO4S. The molecule has 5 nitrogen and oxygen atoms in total. The Kier molecular flexibility index (Phi) is 3.01. The maximum absolute atomic E-state index is 10.7. The van der Waals surface area contributed by atoms with Crippen LogP contribution in [0, 0.1) is 0 Å². The predicted octanol–water partition coefficient (Wildman–Crippen LogP) is -0.649. The van der Waals surface area contributed by atoms with Gasteiger partial charge in [-0.25, -0.2) is 8.42 Å². The van der Waals surface area contributed by atoms with Crippen LogP contribution in [0.15, 0.2) is 0 Å². The standard InChI is InChI=1S/C5H11NO4S/c1-4(5(7)8)6(2)11(3,9)10/h4H,1-3H3,(H,7,8). The van der Waals surface area contributed by atoms with Gasteiger partial charge in [-0.15, -0.1) is 0 Å². The largest absolute Gasteiger partial charge is 0.480 e. The van der Waals surface area contributed by atoms with Gasteiger partial charge < -0.3 is 5.11 Å². The van der Waals surface area contributed by atoms with Crippen molar-refractivity contribution in [3.05, 3.63) is 0 Å². The zero-order valence-corrected chi connectivity index (χ0v) is 7.42. The van der Waals surface area contributed by atoms with E-state index in [1.54, 1.807) is 0 Å². The predicted molar refractivity (Wildman–Crippen MR) is 39.7 cm³/mol. The van der Waals surface area contributed by atoms with Crippen LogP contribution in [0.1, 0.15) is 6.92 Å². The summed E-state index contributed by atoms with van der Waals surface area (Å²) in [4.78, 5) is 10.3. The lowest BCUT2D eigenvalue weighted by Gasteiger charge is -2.17. The topological polar surface area (TPSA) is 74.7 Å². The minimum absolute atomic E-state index is 0.801. The molecule has 0 aromatic heterocycles. The van der Waals surface area contributed by atoms with Crippen LogP contribution < -0.4 is 0 Å². The lowest BCUT2D eigenvalue weighted by Crippen LogP contribution is -2.39. The number of carbonyl (C=O) groups is 1. The molecule has 0 bridgehead atoms. The summed E-state index contributed by atoms with van der Waals surface area (Å²) in [6.45, 7) is 1.31. The Morgan fingerprint density at radius 2 is 1.91 bits per heavy atom. The third-order valence-corrected chi connectivity index (χ3v) is 2.79. The van der Waals surface area contributed by atoms with Crippen molar-refractivity contribution in [1.29, 1.82) is 0 Å². The van der Waals surface area contributed by atoms with Crippen molar-refractivity contribution in [1.82, 2.24) is 4.31 Å². The molecule has 0 aromatic carbocycles. The van der Waals surface area contributed by atoms with Gasteiger partial charge in [0, 0.05) is 7.05 Å². The van der Waals surface area contributed by atoms with Gasteiger partial charge in [-0.2, -0.15) is 4.31 Å². The number of carboxylic acids is 1. The Morgan fingerprint density at radius 1 is 1.55 bits per heavy atom. The second-order valence-corrected chi connectivity index (χ2v) is 4.34. The van der Waals surface area contributed by atoms with Crippen LogP contribution in [0.4, 0.5) is 0 Å². The second-order valence-electron chi connectivity index (χ2n) is 2.29. The molecule has 0 heterocycles. The highest BCUT2D eigenvalue weighted by molar-refractivity contribution is 7.88. The summed E-state index contributed by atoms with van der Waals surface area (Å²) >= 11 is 0. The Hall–Kier alpha value is -0.620. The smallest absolute Gasteiger partial charge is 0.321 e. The number of nitrogens with zero attached hydrogens (tertiary/aromatic N) is 1. The van der Waals surface area contributed by atoms with Gasteiger partial charge in [0.05, 0.1) is 6.26 Å². The molecule has 66 valence electrons. The summed E-state index contributed by atoms with van der Waals surface area (Å²) in [5.41, 5.74) is 0. The highest BCUT2D eigenvalue weighted by atomic mass is 32.2. The van der Waals surface area contributed by atoms with Crippen LogP contribution in [0.5, 0.6) is 0 Å². The van der Waals surface area contributed by atoms with E-state index in [0.717, 1.165) is 10.6 Å². The third-order valence-electron chi connectivity index (χ3n) is 1.43. The molecule has 0 spiro atoms. The molecule has 0 fully saturated rings. The van der Waals surface area contributed by atoms with Gasteiger partial charge >= 0.3 is 5.97 Å². The Balaban J connectivity index is 4.51. The van der Waals surface area contributed by atoms with E-state index in [4.69, 9.17) is 5.11 Å². The molecule has 0 aliphatic heterocycles. The fourth-order valence-electron chi connectivity index (χ4n) is 0.443. The zero-order valence-electron chi connectivity index (χ0n) is 6.60. The van der Waals surface area contributed by atoms with E-state index in [-0.39, 0.29) is 0 Å². The van der Waals surface area contributed by atoms with Crippen LogP contribution in [0.25, 0.3) is 0 Å². The summed E-state index contributed by atoms with van der Waals surface area (Å²) < 4.78 is 22.3. The van der Waals surface area contributed by atoms with Crippen molar-refractivity contribution in [2.45, 2.75) is 13.0 Å². The van der Waals surface area contributed by atoms with Gasteiger partial charge in [0.1, 0.15) is 6.04 Å². The van der Waals surface area contributed by atoms with E-state index < -0.39 is 22.0 Å². The molecule has 0 aliphatic rings. The van der Waals surface area contributed by atoms with Crippen LogP contribution in [-0.4, -0.2) is 43.1 Å². The first-order chi connectivity index (χ1) is 4.76. The molecule has 0 amide bonds. The summed E-state index contributed by atoms with van der Waals surface area (Å²) in [5.74, 6) is -1.15. The average molecular weight is 181 g/mol. The van der Waals surface area contributed by atoms with Gasteiger partial charge in [0.25, 0.3) is 0 Å². The molecular weight excluding hydrogens is 170 g/mol. The minimum Gasteiger partial charge on any atom is -0.480 e. The number of likely N-dealkylation sites (N-methyl/N-ethyl adjacent to an activating group) is 1. The third kappa shape index (κ3) is 2.85. The summed E-state index contributed by atoms with van der Waals surface area (Å²) in [6.07, 6.45) is 0.965. The van der Waals surface area contributed by atoms with E-state index >= 15 is 0 Å². The maximum Gasteiger partial charge on any atom is 0.321 e. The monoisotopic (exact) mass is 181 g/mol. The Labute approximate surface area is 65.7 Å². The summed E-state index contributed by atoms with van der Waals surface area (Å²) in [5, 5.41) is 8.41. The highest BCUT2D eigenvalue weighted by Crippen LogP contribution is 2.00. The van der Waals surface area contributed by atoms with Gasteiger partial charge in [-0.1, -0.05) is 0 Å². The van der Waals surface area contributed by atoms with E-state index in [0.29, 0.717) is 0 Å². The molecule has 0 aliphatic carbocycles. The van der Waals surface area contributed by atoms with Crippen molar-refractivity contribution < 1.29 is 18.3 Å². The van der Waals surface area contributed by atoms with Crippen molar-refractivity contribution in [3.8, 4) is 0 Å². The first kappa shape index (κ1) is 10.4. The van der Waals surface area contributed by atoms with Crippen LogP contribution in [-0.2, 0) is 14.8 Å². The maximum atomic E-state index is 10.7. The van der Waals surface area contributed by atoms with Crippen molar-refractivity contribution in [2.24, 2.45) is 0 Å². The molecule has 1 unspecified atom stereocenters. The lowest BCUT2D eigenvalue weighted by molar-refractivity contribution is -0.140. The Morgan fingerprint density at radius 3 is 2.00 bits per heavy atom. The highest BCUT2D eigenvalue weighted by Gasteiger charge is 2.23. The zero-order chi connectivity index (χ0) is 9.23. The molecule has 0 radical (unpaired) electrons. The SMILES string of the molecule is CC(C(=O)O)N(C)S(C)(=O)=O. The first-order valence-corrected chi connectivity index (χ1v) is 4.77. The number of sulfonamides is 1. The van der Waals surface area contributed by atoms with Crippen molar-refractivity contribution >= 4 is 16.0 Å². The quantitative estimate of drug-likeness (QED) is 0.628. The molecule has 0 aromatic rings. The van der Waals surface area contributed by atoms with Crippen LogP contribution in [0.3, 0.4) is 0 Å². The fraction of sp³-hybridized carbons (Fsp3) is 0.800. The molecule has 0 saturated carbocycles. The molecule has 6 heteroatoms. The number of aliphatic carboxylic acids is 1. The second kappa shape index (κ2) is 3.19. The number of hydrogen-bond donors (Lipinski definition) is 1. The van der Waals surface area contributed by atoms with Crippen LogP contribution >= 0.6 is 0 Å². The molecule has 1 N–H and O–H groups in total. The van der Waals surface area contributed by atoms with Gasteiger partial charge in [-0.3, -0.25) is 4.79 Å². The molecule has 0 rings (SSSR count). The lowest BCUT2D eigenvalue weighted by atomic mass is 10.4. The Bertz CT molecular complexity index is 245. The van der Waals surface area contributed by atoms with E-state index in [1.165, 1.54) is 14.0 Å². The van der Waals surface area contributed by atoms with E-state index in [1.807, 2.05) is 0 Å². The van der Waals surface area contributed by atoms with Crippen molar-refractivity contribution in [3.63, 3.8) is 0 Å². The number of carboxylic acid groups (broad SMARTS) is 1. The van der Waals surface area contributed by atoms with Gasteiger partial charge in [0.15, 0.2) is 0 Å². The fourth-order valence-corrected chi connectivity index (χ4v) is 1.11. The van der Waals surface area contributed by atoms with Gasteiger partial charge in [-0.05, 0) is 6.92 Å². The molecule has 0 saturated heterocycles. The van der Waals surface area contributed by atoms with Crippen LogP contribution in [0.2, 0.25) is 0 Å². The molecule has 1 atom stereocenters. The van der Waals surface area contributed by atoms with Gasteiger partial charge in [0.2, 0.25) is 10.0 Å². The first-order valence-electron chi connectivity index (χ1n) is 2.92. The summed E-state index contributed by atoms with van der Waals surface area (Å²) in [6, 6.07) is -1.01. The number of hydrogen-bond acceptors (Lipinski definition) is 3.